The van der Waals surface area contributed by atoms with Crippen LogP contribution in [0.1, 0.15) is 129 Å². The fourth-order valence-electron chi connectivity index (χ4n) is 11.8. The molecule has 1 heterocycles. The predicted molar refractivity (Wildman–Crippen MR) is 158 cm³/mol. The SMILES string of the molecule is Cc1cc(C(=O)NC2CC[C@]3(C)[C@H]4CC[C@@H]5C6=C(C(C)C)C(=O)C[C@]6(C)CC[C@@]5(C)[C@]4(C)CC[C@H]3C2(C)C)no1. The number of aromatic nitrogens is 1. The minimum Gasteiger partial charge on any atom is -0.361 e. The van der Waals surface area contributed by atoms with E-state index in [-0.39, 0.29) is 39.0 Å². The minimum atomic E-state index is -0.113. The number of hydrogen-bond acceptors (Lipinski definition) is 4. The molecule has 6 rings (SSSR count). The molecule has 5 heteroatoms. The fourth-order valence-corrected chi connectivity index (χ4v) is 11.8. The molecular formula is C35H52N2O3. The minimum absolute atomic E-state index is 0.00310. The van der Waals surface area contributed by atoms with Gasteiger partial charge < -0.3 is 9.84 Å². The van der Waals surface area contributed by atoms with Crippen LogP contribution in [0.15, 0.2) is 21.7 Å². The number of carbonyl (C=O) groups is 2. The Morgan fingerprint density at radius 2 is 1.68 bits per heavy atom. The summed E-state index contributed by atoms with van der Waals surface area (Å²) in [5, 5.41) is 7.34. The molecule has 8 atom stereocenters. The smallest absolute Gasteiger partial charge is 0.273 e. The molecule has 1 unspecified atom stereocenters. The average Bonchev–Trinajstić information content (AvgIpc) is 3.41. The standard InChI is InChI=1S/C35H52N2O3/c1-20(2)28-24(38)19-32(6)16-17-34(8)22(29(28)32)10-11-26-33(7)14-13-27(36-30(39)23-18-21(3)40-37-23)31(4,5)25(33)12-15-35(26,34)9/h18,20,22,25-27H,10-17,19H2,1-9H3,(H,36,39)/t22-,25+,26-,27?,32+,33+,34-,35-/m1/s1. The van der Waals surface area contributed by atoms with E-state index in [0.717, 1.165) is 25.7 Å². The van der Waals surface area contributed by atoms with Gasteiger partial charge in [0.1, 0.15) is 5.76 Å². The van der Waals surface area contributed by atoms with Crippen molar-refractivity contribution in [1.29, 1.82) is 0 Å². The van der Waals surface area contributed by atoms with Gasteiger partial charge in [-0.3, -0.25) is 9.59 Å². The zero-order chi connectivity index (χ0) is 29.0. The second-order valence-electron chi connectivity index (χ2n) is 16.5. The molecule has 4 fully saturated rings. The van der Waals surface area contributed by atoms with E-state index in [9.17, 15) is 9.59 Å². The summed E-state index contributed by atoms with van der Waals surface area (Å²) in [6, 6.07) is 1.86. The first-order valence-electron chi connectivity index (χ1n) is 16.1. The normalized spacial score (nSPS) is 44.1. The summed E-state index contributed by atoms with van der Waals surface area (Å²) in [5.41, 5.74) is 3.95. The molecule has 1 N–H and O–H groups in total. The van der Waals surface area contributed by atoms with Crippen molar-refractivity contribution in [3.63, 3.8) is 0 Å². The second kappa shape index (κ2) is 8.80. The highest BCUT2D eigenvalue weighted by molar-refractivity contribution is 6.00. The Bertz CT molecular complexity index is 1270. The molecule has 5 aliphatic rings. The van der Waals surface area contributed by atoms with Gasteiger partial charge in [-0.2, -0.15) is 0 Å². The molecule has 40 heavy (non-hydrogen) atoms. The molecule has 5 aliphatic carbocycles. The molecule has 0 radical (unpaired) electrons. The summed E-state index contributed by atoms with van der Waals surface area (Å²) in [5.74, 6) is 3.06. The highest BCUT2D eigenvalue weighted by Gasteiger charge is 2.69. The highest BCUT2D eigenvalue weighted by Crippen LogP contribution is 2.76. The lowest BCUT2D eigenvalue weighted by molar-refractivity contribution is -0.215. The van der Waals surface area contributed by atoms with Crippen LogP contribution < -0.4 is 5.32 Å². The molecule has 0 aliphatic heterocycles. The van der Waals surface area contributed by atoms with E-state index in [2.05, 4.69) is 65.9 Å². The lowest BCUT2D eigenvalue weighted by atomic mass is 9.33. The third kappa shape index (κ3) is 3.60. The van der Waals surface area contributed by atoms with Gasteiger partial charge in [-0.05, 0) is 115 Å². The molecule has 1 aromatic heterocycles. The molecule has 0 bridgehead atoms. The summed E-state index contributed by atoms with van der Waals surface area (Å²) >= 11 is 0. The molecule has 0 spiro atoms. The topological polar surface area (TPSA) is 72.2 Å². The van der Waals surface area contributed by atoms with Crippen LogP contribution in [0.5, 0.6) is 0 Å². The van der Waals surface area contributed by atoms with Crippen LogP contribution in [0.25, 0.3) is 0 Å². The average molecular weight is 549 g/mol. The number of allylic oxidation sites excluding steroid dienone is 2. The summed E-state index contributed by atoms with van der Waals surface area (Å²) in [7, 11) is 0. The summed E-state index contributed by atoms with van der Waals surface area (Å²) < 4.78 is 5.18. The Hall–Kier alpha value is -1.91. The van der Waals surface area contributed by atoms with Crippen molar-refractivity contribution in [2.24, 2.45) is 50.7 Å². The van der Waals surface area contributed by atoms with E-state index in [4.69, 9.17) is 4.52 Å². The Labute approximate surface area is 241 Å². The first-order valence-corrected chi connectivity index (χ1v) is 16.1. The monoisotopic (exact) mass is 548 g/mol. The van der Waals surface area contributed by atoms with Crippen molar-refractivity contribution in [3.8, 4) is 0 Å². The lowest BCUT2D eigenvalue weighted by Crippen LogP contribution is -2.66. The number of nitrogens with zero attached hydrogens (tertiary/aromatic N) is 1. The number of nitrogens with one attached hydrogen (secondary N) is 1. The number of rotatable bonds is 3. The predicted octanol–water partition coefficient (Wildman–Crippen LogP) is 8.08. The van der Waals surface area contributed by atoms with E-state index in [1.165, 1.54) is 37.7 Å². The molecule has 1 aromatic rings. The number of amides is 1. The van der Waals surface area contributed by atoms with E-state index in [0.29, 0.717) is 40.9 Å². The number of aryl methyl sites for hydroxylation is 1. The van der Waals surface area contributed by atoms with Crippen LogP contribution in [0.2, 0.25) is 0 Å². The van der Waals surface area contributed by atoms with Gasteiger partial charge in [0.05, 0.1) is 0 Å². The Morgan fingerprint density at radius 1 is 0.950 bits per heavy atom. The lowest BCUT2D eigenvalue weighted by Gasteiger charge is -2.72. The number of Topliss-reactive ketones (excluding diaryl/α,β-unsaturated/α-hetero) is 1. The van der Waals surface area contributed by atoms with E-state index in [1.54, 1.807) is 11.6 Å². The Morgan fingerprint density at radius 3 is 2.33 bits per heavy atom. The van der Waals surface area contributed by atoms with E-state index >= 15 is 0 Å². The Balaban J connectivity index is 1.31. The van der Waals surface area contributed by atoms with Crippen molar-refractivity contribution in [2.75, 3.05) is 0 Å². The molecule has 4 saturated carbocycles. The maximum absolute atomic E-state index is 13.3. The van der Waals surface area contributed by atoms with Gasteiger partial charge in [0, 0.05) is 18.5 Å². The summed E-state index contributed by atoms with van der Waals surface area (Å²) in [6.07, 6.45) is 10.2. The third-order valence-corrected chi connectivity index (χ3v) is 14.0. The quantitative estimate of drug-likeness (QED) is 0.414. The van der Waals surface area contributed by atoms with E-state index in [1.807, 2.05) is 6.92 Å². The molecular weight excluding hydrogens is 496 g/mol. The third-order valence-electron chi connectivity index (χ3n) is 14.0. The maximum atomic E-state index is 13.3. The maximum Gasteiger partial charge on any atom is 0.273 e. The number of ketones is 1. The first kappa shape index (κ1) is 28.2. The van der Waals surface area contributed by atoms with Crippen LogP contribution in [0.4, 0.5) is 0 Å². The van der Waals surface area contributed by atoms with E-state index < -0.39 is 0 Å². The van der Waals surface area contributed by atoms with Gasteiger partial charge in [0.15, 0.2) is 11.5 Å². The first-order chi connectivity index (χ1) is 18.6. The fraction of sp³-hybridized carbons (Fsp3) is 0.800. The molecule has 220 valence electrons. The van der Waals surface area contributed by atoms with Crippen molar-refractivity contribution >= 4 is 11.7 Å². The van der Waals surface area contributed by atoms with Crippen LogP contribution in [0.3, 0.4) is 0 Å². The van der Waals surface area contributed by atoms with Crippen LogP contribution in [-0.2, 0) is 4.79 Å². The zero-order valence-corrected chi connectivity index (χ0v) is 26.5. The van der Waals surface area contributed by atoms with Gasteiger partial charge in [-0.25, -0.2) is 0 Å². The highest BCUT2D eigenvalue weighted by atomic mass is 16.5. The number of carbonyl (C=O) groups excluding carboxylic acids is 2. The van der Waals surface area contributed by atoms with Crippen LogP contribution in [0, 0.1) is 57.7 Å². The zero-order valence-electron chi connectivity index (χ0n) is 26.5. The summed E-state index contributed by atoms with van der Waals surface area (Å²) in [4.78, 5) is 26.4. The molecule has 1 amide bonds. The van der Waals surface area contributed by atoms with Gasteiger partial charge in [-0.1, -0.05) is 66.1 Å². The van der Waals surface area contributed by atoms with Crippen molar-refractivity contribution in [3.05, 3.63) is 28.7 Å². The van der Waals surface area contributed by atoms with Crippen molar-refractivity contribution < 1.29 is 14.1 Å². The number of hydrogen-bond donors (Lipinski definition) is 1. The van der Waals surface area contributed by atoms with Crippen molar-refractivity contribution in [1.82, 2.24) is 10.5 Å². The molecule has 5 nitrogen and oxygen atoms in total. The van der Waals surface area contributed by atoms with Crippen LogP contribution in [-0.4, -0.2) is 22.9 Å². The van der Waals surface area contributed by atoms with Crippen LogP contribution >= 0.6 is 0 Å². The largest absolute Gasteiger partial charge is 0.361 e. The van der Waals surface area contributed by atoms with Gasteiger partial charge >= 0.3 is 0 Å². The summed E-state index contributed by atoms with van der Waals surface area (Å²) in [6.45, 7) is 21.4. The molecule has 0 aromatic carbocycles. The second-order valence-corrected chi connectivity index (χ2v) is 16.5. The van der Waals surface area contributed by atoms with Crippen molar-refractivity contribution in [2.45, 2.75) is 126 Å². The number of fused-ring (bicyclic) bond motifs is 7. The van der Waals surface area contributed by atoms with Gasteiger partial charge in [0.2, 0.25) is 0 Å². The molecule has 0 saturated heterocycles. The van der Waals surface area contributed by atoms with Gasteiger partial charge in [0.25, 0.3) is 5.91 Å². The van der Waals surface area contributed by atoms with Gasteiger partial charge in [-0.15, -0.1) is 0 Å². The Kier molecular flexibility index (Phi) is 6.21.